The molecule has 0 atom stereocenters. The lowest BCUT2D eigenvalue weighted by molar-refractivity contribution is -0.384. The molecule has 0 unspecified atom stereocenters. The van der Waals surface area contributed by atoms with Gasteiger partial charge in [-0.1, -0.05) is 0 Å². The molecule has 5 heteroatoms. The third kappa shape index (κ3) is 2.93. The van der Waals surface area contributed by atoms with Crippen molar-refractivity contribution in [3.63, 3.8) is 0 Å². The highest BCUT2D eigenvalue weighted by Gasteiger charge is 2.12. The fourth-order valence-electron chi connectivity index (χ4n) is 1.59. The van der Waals surface area contributed by atoms with Crippen LogP contribution in [0.25, 0.3) is 0 Å². The number of benzene rings is 1. The monoisotopic (exact) mass is 223 g/mol. The summed E-state index contributed by atoms with van der Waals surface area (Å²) in [5, 5.41) is 10.7. The van der Waals surface area contributed by atoms with Gasteiger partial charge in [0.25, 0.3) is 5.69 Å². The lowest BCUT2D eigenvalue weighted by Crippen LogP contribution is -2.16. The van der Waals surface area contributed by atoms with Crippen molar-refractivity contribution in [1.82, 2.24) is 4.90 Å². The highest BCUT2D eigenvalue weighted by atomic mass is 16.6. The Labute approximate surface area is 95.4 Å². The molecule has 0 aliphatic carbocycles. The van der Waals surface area contributed by atoms with Crippen molar-refractivity contribution < 1.29 is 4.92 Å². The molecule has 0 bridgehead atoms. The third-order valence-corrected chi connectivity index (χ3v) is 2.24. The number of hydrogen-bond donors (Lipinski definition) is 0. The first-order valence-corrected chi connectivity index (χ1v) is 5.01. The maximum Gasteiger partial charge on any atom is 0.269 e. The number of rotatable bonds is 4. The average Bonchev–Trinajstić information content (AvgIpc) is 2.15. The highest BCUT2D eigenvalue weighted by Crippen LogP contribution is 2.24. The summed E-state index contributed by atoms with van der Waals surface area (Å²) in [4.78, 5) is 14.3. The summed E-state index contributed by atoms with van der Waals surface area (Å²) in [6.07, 6.45) is 0. The van der Waals surface area contributed by atoms with E-state index in [4.69, 9.17) is 0 Å². The summed E-state index contributed by atoms with van der Waals surface area (Å²) >= 11 is 0. The Morgan fingerprint density at radius 3 is 2.31 bits per heavy atom. The second-order valence-corrected chi connectivity index (χ2v) is 4.20. The Balaban J connectivity index is 3.15. The van der Waals surface area contributed by atoms with Crippen molar-refractivity contribution in [2.45, 2.75) is 6.54 Å². The first-order valence-electron chi connectivity index (χ1n) is 5.01. The summed E-state index contributed by atoms with van der Waals surface area (Å²) in [5.74, 6) is 0. The molecule has 0 heterocycles. The molecule has 0 N–H and O–H groups in total. The Kier molecular flexibility index (Phi) is 3.84. The maximum absolute atomic E-state index is 10.7. The van der Waals surface area contributed by atoms with E-state index in [1.54, 1.807) is 12.1 Å². The predicted molar refractivity (Wildman–Crippen MR) is 64.8 cm³/mol. The second kappa shape index (κ2) is 4.94. The molecule has 0 radical (unpaired) electrons. The van der Waals surface area contributed by atoms with E-state index in [-0.39, 0.29) is 10.6 Å². The van der Waals surface area contributed by atoms with E-state index in [2.05, 4.69) is 0 Å². The lowest BCUT2D eigenvalue weighted by Gasteiger charge is -2.19. The molecule has 0 aliphatic rings. The van der Waals surface area contributed by atoms with E-state index in [9.17, 15) is 10.1 Å². The van der Waals surface area contributed by atoms with E-state index in [1.807, 2.05) is 38.0 Å². The van der Waals surface area contributed by atoms with Crippen LogP contribution in [-0.4, -0.2) is 38.0 Å². The zero-order chi connectivity index (χ0) is 12.3. The molecule has 0 aliphatic heterocycles. The molecular weight excluding hydrogens is 206 g/mol. The van der Waals surface area contributed by atoms with Gasteiger partial charge in [0.05, 0.1) is 4.92 Å². The molecule has 88 valence electrons. The molecular formula is C11H17N3O2. The van der Waals surface area contributed by atoms with Gasteiger partial charge in [0.15, 0.2) is 0 Å². The largest absolute Gasteiger partial charge is 0.377 e. The van der Waals surface area contributed by atoms with Crippen molar-refractivity contribution in [1.29, 1.82) is 0 Å². The number of nitro groups is 1. The molecule has 0 aromatic heterocycles. The minimum absolute atomic E-state index is 0.141. The molecule has 1 aromatic rings. The molecule has 1 rings (SSSR count). The van der Waals surface area contributed by atoms with E-state index in [0.29, 0.717) is 6.54 Å². The standard InChI is InChI=1S/C11H17N3O2/c1-12(2)8-9-7-10(14(15)16)5-6-11(9)13(3)4/h5-7H,8H2,1-4H3. The molecule has 0 saturated heterocycles. The zero-order valence-electron chi connectivity index (χ0n) is 10.1. The van der Waals surface area contributed by atoms with Crippen molar-refractivity contribution in [3.05, 3.63) is 33.9 Å². The minimum Gasteiger partial charge on any atom is -0.377 e. The SMILES string of the molecule is CN(C)Cc1cc([N+](=O)[O-])ccc1N(C)C. The van der Waals surface area contributed by atoms with Gasteiger partial charge in [-0.3, -0.25) is 10.1 Å². The van der Waals surface area contributed by atoms with Crippen LogP contribution in [-0.2, 0) is 6.54 Å². The number of nitrogens with zero attached hydrogens (tertiary/aromatic N) is 3. The third-order valence-electron chi connectivity index (χ3n) is 2.24. The van der Waals surface area contributed by atoms with Crippen LogP contribution in [0.15, 0.2) is 18.2 Å². The Morgan fingerprint density at radius 1 is 1.25 bits per heavy atom. The summed E-state index contributed by atoms with van der Waals surface area (Å²) in [5.41, 5.74) is 2.12. The first-order chi connectivity index (χ1) is 7.41. The average molecular weight is 223 g/mol. The normalized spacial score (nSPS) is 10.6. The highest BCUT2D eigenvalue weighted by molar-refractivity contribution is 5.57. The number of hydrogen-bond acceptors (Lipinski definition) is 4. The van der Waals surface area contributed by atoms with Gasteiger partial charge in [0, 0.05) is 38.5 Å². The summed E-state index contributed by atoms with van der Waals surface area (Å²) in [6.45, 7) is 0.690. The molecule has 5 nitrogen and oxygen atoms in total. The van der Waals surface area contributed by atoms with Crippen LogP contribution in [0.1, 0.15) is 5.56 Å². The van der Waals surface area contributed by atoms with Crippen LogP contribution in [0.5, 0.6) is 0 Å². The van der Waals surface area contributed by atoms with Crippen LogP contribution in [0.3, 0.4) is 0 Å². The van der Waals surface area contributed by atoms with Crippen LogP contribution in [0, 0.1) is 10.1 Å². The number of anilines is 1. The van der Waals surface area contributed by atoms with Gasteiger partial charge < -0.3 is 9.80 Å². The van der Waals surface area contributed by atoms with Gasteiger partial charge in [-0.25, -0.2) is 0 Å². The smallest absolute Gasteiger partial charge is 0.269 e. The van der Waals surface area contributed by atoms with E-state index in [1.165, 1.54) is 6.07 Å². The summed E-state index contributed by atoms with van der Waals surface area (Å²) in [7, 11) is 7.75. The Hall–Kier alpha value is -1.62. The summed E-state index contributed by atoms with van der Waals surface area (Å²) in [6, 6.07) is 4.96. The van der Waals surface area contributed by atoms with Crippen LogP contribution < -0.4 is 4.90 Å². The van der Waals surface area contributed by atoms with Gasteiger partial charge in [-0.15, -0.1) is 0 Å². The molecule has 1 aromatic carbocycles. The molecule has 0 saturated carbocycles. The van der Waals surface area contributed by atoms with E-state index < -0.39 is 0 Å². The van der Waals surface area contributed by atoms with Crippen LogP contribution in [0.2, 0.25) is 0 Å². The van der Waals surface area contributed by atoms with Crippen molar-refractivity contribution in [2.75, 3.05) is 33.1 Å². The molecule has 0 fully saturated rings. The van der Waals surface area contributed by atoms with Crippen molar-refractivity contribution >= 4 is 11.4 Å². The minimum atomic E-state index is -0.363. The van der Waals surface area contributed by atoms with Gasteiger partial charge in [0.2, 0.25) is 0 Å². The molecule has 0 amide bonds. The topological polar surface area (TPSA) is 49.6 Å². The fraction of sp³-hybridized carbons (Fsp3) is 0.455. The van der Waals surface area contributed by atoms with Gasteiger partial charge in [-0.05, 0) is 25.7 Å². The van der Waals surface area contributed by atoms with Gasteiger partial charge in [0.1, 0.15) is 0 Å². The van der Waals surface area contributed by atoms with Crippen molar-refractivity contribution in [2.24, 2.45) is 0 Å². The van der Waals surface area contributed by atoms with Crippen molar-refractivity contribution in [3.8, 4) is 0 Å². The van der Waals surface area contributed by atoms with Crippen LogP contribution in [0.4, 0.5) is 11.4 Å². The Bertz CT molecular complexity index is 389. The quantitative estimate of drug-likeness (QED) is 0.576. The second-order valence-electron chi connectivity index (χ2n) is 4.20. The summed E-state index contributed by atoms with van der Waals surface area (Å²) < 4.78 is 0. The fourth-order valence-corrected chi connectivity index (χ4v) is 1.59. The van der Waals surface area contributed by atoms with E-state index in [0.717, 1.165) is 11.3 Å². The van der Waals surface area contributed by atoms with Gasteiger partial charge >= 0.3 is 0 Å². The lowest BCUT2D eigenvalue weighted by atomic mass is 10.1. The van der Waals surface area contributed by atoms with Gasteiger partial charge in [-0.2, -0.15) is 0 Å². The maximum atomic E-state index is 10.7. The molecule has 16 heavy (non-hydrogen) atoms. The van der Waals surface area contributed by atoms with Crippen LogP contribution >= 0.6 is 0 Å². The zero-order valence-corrected chi connectivity index (χ0v) is 10.1. The predicted octanol–water partition coefficient (Wildman–Crippen LogP) is 1.72. The Morgan fingerprint density at radius 2 is 1.88 bits per heavy atom. The number of nitro benzene ring substituents is 1. The van der Waals surface area contributed by atoms with E-state index >= 15 is 0 Å². The number of non-ortho nitro benzene ring substituents is 1. The molecule has 0 spiro atoms. The first kappa shape index (κ1) is 12.4.